The Morgan fingerprint density at radius 1 is 0.731 bits per heavy atom. The molecule has 4 heterocycles. The van der Waals surface area contributed by atoms with Crippen LogP contribution in [-0.4, -0.2) is 89.6 Å². The summed E-state index contributed by atoms with van der Waals surface area (Å²) < 4.78 is 16.3. The third-order valence-electron chi connectivity index (χ3n) is 15.6. The van der Waals surface area contributed by atoms with Crippen molar-refractivity contribution >= 4 is 33.6 Å². The zero-order valence-corrected chi connectivity index (χ0v) is 38.8. The highest BCUT2D eigenvalue weighted by molar-refractivity contribution is 6.05. The van der Waals surface area contributed by atoms with Crippen LogP contribution in [0.5, 0.6) is 0 Å². The molecule has 3 unspecified atom stereocenters. The highest BCUT2D eigenvalue weighted by Gasteiger charge is 2.59. The summed E-state index contributed by atoms with van der Waals surface area (Å²) in [4.78, 5) is 55.2. The van der Waals surface area contributed by atoms with E-state index in [4.69, 9.17) is 9.97 Å². The summed E-state index contributed by atoms with van der Waals surface area (Å²) in [5.74, 6) is 1.99. The third kappa shape index (κ3) is 7.29. The van der Waals surface area contributed by atoms with Gasteiger partial charge in [0, 0.05) is 29.0 Å². The number of likely N-dealkylation sites (N-methyl/N-ethyl adjacent to an activating group) is 2. The largest absolute Gasteiger partial charge is 0.340 e. The molecule has 4 fully saturated rings. The number of carbonyl (C=O) groups excluding carboxylic acids is 2. The Labute approximate surface area is 391 Å². The van der Waals surface area contributed by atoms with Crippen LogP contribution < -0.4 is 0 Å². The molecule has 2 aliphatic carbocycles. The Kier molecular flexibility index (Phi) is 11.2. The second-order valence-corrected chi connectivity index (χ2v) is 19.0. The number of aromatic nitrogens is 4. The van der Waals surface area contributed by atoms with Crippen molar-refractivity contribution in [3.63, 3.8) is 0 Å². The number of H-pyrrole nitrogens is 2. The van der Waals surface area contributed by atoms with E-state index in [0.29, 0.717) is 23.0 Å². The molecule has 8 atom stereocenters. The summed E-state index contributed by atoms with van der Waals surface area (Å²) in [5, 5.41) is 2.00. The lowest BCUT2D eigenvalue weighted by molar-refractivity contribution is -0.142. The molecule has 0 radical (unpaired) electrons. The number of rotatable bonds is 14. The Balaban J connectivity index is 0.851. The van der Waals surface area contributed by atoms with E-state index in [2.05, 4.69) is 95.3 Å². The summed E-state index contributed by atoms with van der Waals surface area (Å²) in [7, 11) is 0. The maximum Gasteiger partial charge on any atom is 0.245 e. The summed E-state index contributed by atoms with van der Waals surface area (Å²) in [6.07, 6.45) is 5.63. The molecule has 2 saturated heterocycles. The van der Waals surface area contributed by atoms with Crippen LogP contribution in [0.4, 0.5) is 4.39 Å². The predicted octanol–water partition coefficient (Wildman–Crippen LogP) is 11.0. The molecule has 0 spiro atoms. The van der Waals surface area contributed by atoms with Crippen LogP contribution in [0.25, 0.3) is 44.2 Å². The number of piperidine rings is 1. The van der Waals surface area contributed by atoms with Crippen molar-refractivity contribution in [1.82, 2.24) is 39.5 Å². The first-order chi connectivity index (χ1) is 32.7. The zero-order chi connectivity index (χ0) is 46.1. The van der Waals surface area contributed by atoms with Gasteiger partial charge in [-0.05, 0) is 115 Å². The second kappa shape index (κ2) is 17.3. The molecule has 2 aliphatic heterocycles. The fourth-order valence-electron chi connectivity index (χ4n) is 11.9. The number of amides is 2. The van der Waals surface area contributed by atoms with Crippen molar-refractivity contribution in [1.29, 1.82) is 0 Å². The van der Waals surface area contributed by atoms with E-state index in [9.17, 15) is 9.59 Å². The quantitative estimate of drug-likeness (QED) is 0.105. The summed E-state index contributed by atoms with van der Waals surface area (Å²) >= 11 is 0. The van der Waals surface area contributed by atoms with E-state index in [0.717, 1.165) is 107 Å². The number of fused-ring (bicyclic) bond motifs is 5. The first-order valence-electron chi connectivity index (χ1n) is 24.4. The first kappa shape index (κ1) is 43.2. The van der Waals surface area contributed by atoms with Crippen LogP contribution in [0.15, 0.2) is 128 Å². The molecule has 7 aromatic rings. The minimum atomic E-state index is -0.422. The van der Waals surface area contributed by atoms with Gasteiger partial charge in [0.05, 0.1) is 29.0 Å². The molecule has 0 bridgehead atoms. The van der Waals surface area contributed by atoms with Crippen molar-refractivity contribution in [2.24, 2.45) is 11.8 Å². The number of carbonyl (C=O) groups is 2. The van der Waals surface area contributed by atoms with E-state index in [1.165, 1.54) is 0 Å². The molecule has 2 aromatic heterocycles. The van der Waals surface area contributed by atoms with Crippen molar-refractivity contribution in [2.75, 3.05) is 26.2 Å². The third-order valence-corrected chi connectivity index (χ3v) is 15.6. The molecule has 11 heteroatoms. The van der Waals surface area contributed by atoms with E-state index in [1.54, 1.807) is 18.3 Å². The van der Waals surface area contributed by atoms with Gasteiger partial charge in [0.2, 0.25) is 11.8 Å². The molecule has 2 amide bonds. The fourth-order valence-corrected chi connectivity index (χ4v) is 11.9. The first-order valence-corrected chi connectivity index (χ1v) is 24.4. The summed E-state index contributed by atoms with van der Waals surface area (Å²) in [6, 6.07) is 34.9. The van der Waals surface area contributed by atoms with Crippen LogP contribution in [-0.2, 0) is 9.59 Å². The molecular weight excluding hydrogens is 836 g/mol. The van der Waals surface area contributed by atoms with Gasteiger partial charge in [-0.15, -0.1) is 0 Å². The van der Waals surface area contributed by atoms with Gasteiger partial charge in [-0.2, -0.15) is 0 Å². The molecule has 342 valence electrons. The number of hydrogen-bond donors (Lipinski definition) is 2. The Morgan fingerprint density at radius 2 is 1.37 bits per heavy atom. The lowest BCUT2D eigenvalue weighted by atomic mass is 9.80. The van der Waals surface area contributed by atoms with Crippen LogP contribution in [0.1, 0.15) is 100 Å². The molecule has 67 heavy (non-hydrogen) atoms. The van der Waals surface area contributed by atoms with E-state index in [1.807, 2.05) is 65.6 Å². The highest BCUT2D eigenvalue weighted by Crippen LogP contribution is 2.57. The van der Waals surface area contributed by atoms with Gasteiger partial charge in [-0.1, -0.05) is 119 Å². The van der Waals surface area contributed by atoms with Gasteiger partial charge in [-0.3, -0.25) is 19.4 Å². The highest BCUT2D eigenvalue weighted by atomic mass is 19.1. The zero-order valence-electron chi connectivity index (χ0n) is 38.8. The van der Waals surface area contributed by atoms with Crippen molar-refractivity contribution in [2.45, 2.75) is 89.6 Å². The minimum absolute atomic E-state index is 0.0469. The van der Waals surface area contributed by atoms with Gasteiger partial charge >= 0.3 is 0 Å². The number of nitrogens with zero attached hydrogens (tertiary/aromatic N) is 6. The lowest BCUT2D eigenvalue weighted by Gasteiger charge is -2.41. The number of imidazole rings is 2. The molecule has 4 aliphatic rings. The van der Waals surface area contributed by atoms with E-state index >= 15 is 4.39 Å². The fraction of sp³-hybridized carbons (Fsp3) is 0.357. The maximum absolute atomic E-state index is 16.3. The maximum atomic E-state index is 16.3. The number of halogens is 1. The molecule has 2 N–H and O–H groups in total. The van der Waals surface area contributed by atoms with Crippen LogP contribution in [0.2, 0.25) is 0 Å². The van der Waals surface area contributed by atoms with Gasteiger partial charge < -0.3 is 19.8 Å². The number of hydrogen-bond acceptors (Lipinski definition) is 6. The molecule has 2 saturated carbocycles. The predicted molar refractivity (Wildman–Crippen MR) is 262 cm³/mol. The SMILES string of the molecule is C=C1C2CC2N(C(=O)[C@@H](c2ccccc2)N(CC)CC)[C@@H]1c1ncc(-c2ccc(-c3ccc4c(ccc5[nH]c([C@@H]6C[C@H]7CCC7N6C(=O)[C@@H](c6ccccc6)N(CC)CC)nc54)c3)cc2F)[nH]1. The number of likely N-dealkylation sites (tertiary alicyclic amines) is 2. The number of nitrogens with one attached hydrogen (secondary N) is 2. The molecule has 11 rings (SSSR count). The lowest BCUT2D eigenvalue weighted by Crippen LogP contribution is -2.49. The number of benzene rings is 5. The molecule has 10 nitrogen and oxygen atoms in total. The Morgan fingerprint density at radius 3 is 2.00 bits per heavy atom. The van der Waals surface area contributed by atoms with Crippen LogP contribution in [0.3, 0.4) is 0 Å². The van der Waals surface area contributed by atoms with Crippen LogP contribution in [0, 0.1) is 17.7 Å². The normalized spacial score (nSPS) is 22.9. The standard InChI is InChI=1S/C56H59FN8O2/c1-6-62(7-2)51(34-16-12-10-13-17-34)55(66)64-46-27-23-39(46)30-48(64)53-59-44-26-22-38-28-36(20-24-40(38)49(44)61-53)37-21-25-41(43(57)29-37)45-32-58-54(60-45)50-33(5)42-31-47(42)65(50)56(67)52(63(8-3)9-4)35-18-14-11-15-19-35/h10-22,24-26,28-29,32,39,42,46-48,50-52H,5-9,23,27,30-31H2,1-4H3,(H,58,60)(H,59,61)/t39-,42?,46?,47?,48+,50+,51-,52-/m1/s1. The Hall–Kier alpha value is -6.43. The molecule has 5 aromatic carbocycles. The molecular formula is C56H59FN8O2. The topological polar surface area (TPSA) is 104 Å². The second-order valence-electron chi connectivity index (χ2n) is 19.0. The van der Waals surface area contributed by atoms with Crippen molar-refractivity contribution < 1.29 is 14.0 Å². The average molecular weight is 895 g/mol. The summed E-state index contributed by atoms with van der Waals surface area (Å²) in [6.45, 7) is 15.9. The van der Waals surface area contributed by atoms with Gasteiger partial charge in [0.25, 0.3) is 0 Å². The van der Waals surface area contributed by atoms with Gasteiger partial charge in [-0.25, -0.2) is 14.4 Å². The van der Waals surface area contributed by atoms with Gasteiger partial charge in [0.1, 0.15) is 35.6 Å². The Bertz CT molecular complexity index is 2990. The van der Waals surface area contributed by atoms with Crippen LogP contribution >= 0.6 is 0 Å². The van der Waals surface area contributed by atoms with Crippen molar-refractivity contribution in [3.05, 3.63) is 156 Å². The van der Waals surface area contributed by atoms with Crippen molar-refractivity contribution in [3.8, 4) is 22.4 Å². The monoisotopic (exact) mass is 894 g/mol. The summed E-state index contributed by atoms with van der Waals surface area (Å²) in [5.41, 5.74) is 7.39. The number of aromatic amines is 2. The van der Waals surface area contributed by atoms with Gasteiger partial charge in [0.15, 0.2) is 0 Å². The minimum Gasteiger partial charge on any atom is -0.340 e. The van der Waals surface area contributed by atoms with E-state index < -0.39 is 12.1 Å². The smallest absolute Gasteiger partial charge is 0.245 e. The average Bonchev–Trinajstić information content (AvgIpc) is 3.57. The van der Waals surface area contributed by atoms with E-state index in [-0.39, 0.29) is 47.7 Å².